The normalized spacial score (nSPS) is 15.8. The van der Waals surface area contributed by atoms with Crippen LogP contribution in [-0.2, 0) is 13.1 Å². The predicted molar refractivity (Wildman–Crippen MR) is 112 cm³/mol. The average molecular weight is 377 g/mol. The van der Waals surface area contributed by atoms with Crippen molar-refractivity contribution in [2.75, 3.05) is 13.1 Å². The van der Waals surface area contributed by atoms with Crippen LogP contribution in [-0.4, -0.2) is 39.7 Å². The lowest BCUT2D eigenvalue weighted by atomic mass is 10.0. The third-order valence-electron chi connectivity index (χ3n) is 5.48. The SMILES string of the molecule is CCCn1nc(C(=O)NC2CCN(Cc3ccccc3)CC2)c2ccccc21. The molecule has 0 atom stereocenters. The van der Waals surface area contributed by atoms with Crippen LogP contribution in [0.2, 0.25) is 0 Å². The highest BCUT2D eigenvalue weighted by Crippen LogP contribution is 2.20. The van der Waals surface area contributed by atoms with Gasteiger partial charge >= 0.3 is 0 Å². The number of hydrogen-bond donors (Lipinski definition) is 1. The van der Waals surface area contributed by atoms with Crippen LogP contribution in [0.4, 0.5) is 0 Å². The number of piperidine rings is 1. The van der Waals surface area contributed by atoms with E-state index in [0.717, 1.165) is 56.3 Å². The van der Waals surface area contributed by atoms with Crippen molar-refractivity contribution in [2.45, 2.75) is 45.3 Å². The van der Waals surface area contributed by atoms with Gasteiger partial charge in [0.05, 0.1) is 5.52 Å². The molecule has 1 saturated heterocycles. The molecule has 1 aromatic heterocycles. The Balaban J connectivity index is 1.38. The second kappa shape index (κ2) is 8.57. The van der Waals surface area contributed by atoms with Crippen LogP contribution >= 0.6 is 0 Å². The van der Waals surface area contributed by atoms with Gasteiger partial charge in [-0.3, -0.25) is 14.4 Å². The predicted octanol–water partition coefficient (Wildman–Crippen LogP) is 3.84. The maximum atomic E-state index is 12.9. The Kier molecular flexibility index (Phi) is 5.72. The van der Waals surface area contributed by atoms with E-state index in [9.17, 15) is 4.79 Å². The summed E-state index contributed by atoms with van der Waals surface area (Å²) in [6.07, 6.45) is 2.95. The maximum absolute atomic E-state index is 12.9. The number of fused-ring (bicyclic) bond motifs is 1. The zero-order valence-electron chi connectivity index (χ0n) is 16.5. The van der Waals surface area contributed by atoms with E-state index in [1.807, 2.05) is 28.9 Å². The molecular weight excluding hydrogens is 348 g/mol. The van der Waals surface area contributed by atoms with Crippen LogP contribution in [0, 0.1) is 0 Å². The van der Waals surface area contributed by atoms with Crippen molar-refractivity contribution in [3.8, 4) is 0 Å². The van der Waals surface area contributed by atoms with Gasteiger partial charge in [0.15, 0.2) is 5.69 Å². The lowest BCUT2D eigenvalue weighted by molar-refractivity contribution is 0.0904. The van der Waals surface area contributed by atoms with Gasteiger partial charge in [0.1, 0.15) is 0 Å². The van der Waals surface area contributed by atoms with Crippen molar-refractivity contribution in [3.05, 3.63) is 65.9 Å². The summed E-state index contributed by atoms with van der Waals surface area (Å²) in [4.78, 5) is 15.4. The molecule has 5 nitrogen and oxygen atoms in total. The number of rotatable bonds is 6. The lowest BCUT2D eigenvalue weighted by Crippen LogP contribution is -2.44. The quantitative estimate of drug-likeness (QED) is 0.711. The number of para-hydroxylation sites is 1. The monoisotopic (exact) mass is 376 g/mol. The first-order chi connectivity index (χ1) is 13.7. The number of benzene rings is 2. The standard InChI is InChI=1S/C23H28N4O/c1-2-14-27-21-11-7-6-10-20(21)22(25-27)23(28)24-19-12-15-26(16-13-19)17-18-8-4-3-5-9-18/h3-11,19H,2,12-17H2,1H3,(H,24,28). The van der Waals surface area contributed by atoms with E-state index in [2.05, 4.69) is 52.6 Å². The molecular formula is C23H28N4O. The third-order valence-corrected chi connectivity index (χ3v) is 5.48. The number of carbonyl (C=O) groups is 1. The van der Waals surface area contributed by atoms with Crippen molar-refractivity contribution in [3.63, 3.8) is 0 Å². The highest BCUT2D eigenvalue weighted by molar-refractivity contribution is 6.04. The minimum absolute atomic E-state index is 0.0486. The Bertz CT molecular complexity index is 926. The molecule has 2 aromatic carbocycles. The van der Waals surface area contributed by atoms with Gasteiger partial charge in [0, 0.05) is 37.6 Å². The van der Waals surface area contributed by atoms with Crippen LogP contribution < -0.4 is 5.32 Å². The fourth-order valence-corrected chi connectivity index (χ4v) is 4.01. The largest absolute Gasteiger partial charge is 0.348 e. The number of nitrogens with one attached hydrogen (secondary N) is 1. The number of amides is 1. The first-order valence-corrected chi connectivity index (χ1v) is 10.3. The molecule has 0 unspecified atom stereocenters. The Morgan fingerprint density at radius 2 is 1.79 bits per heavy atom. The molecule has 4 rings (SSSR count). The Morgan fingerprint density at radius 3 is 2.54 bits per heavy atom. The smallest absolute Gasteiger partial charge is 0.272 e. The van der Waals surface area contributed by atoms with E-state index in [1.54, 1.807) is 0 Å². The summed E-state index contributed by atoms with van der Waals surface area (Å²) in [6.45, 7) is 5.94. The van der Waals surface area contributed by atoms with Crippen molar-refractivity contribution < 1.29 is 4.79 Å². The minimum atomic E-state index is -0.0486. The molecule has 2 heterocycles. The second-order valence-corrected chi connectivity index (χ2v) is 7.60. The number of aryl methyl sites for hydroxylation is 1. The van der Waals surface area contributed by atoms with E-state index >= 15 is 0 Å². The Hall–Kier alpha value is -2.66. The fourth-order valence-electron chi connectivity index (χ4n) is 4.01. The highest BCUT2D eigenvalue weighted by Gasteiger charge is 2.23. The van der Waals surface area contributed by atoms with Gasteiger partial charge < -0.3 is 5.32 Å². The van der Waals surface area contributed by atoms with E-state index in [-0.39, 0.29) is 11.9 Å². The van der Waals surface area contributed by atoms with Gasteiger partial charge in [-0.1, -0.05) is 55.5 Å². The van der Waals surface area contributed by atoms with E-state index < -0.39 is 0 Å². The summed E-state index contributed by atoms with van der Waals surface area (Å²) in [6, 6.07) is 18.8. The van der Waals surface area contributed by atoms with Crippen LogP contribution in [0.15, 0.2) is 54.6 Å². The van der Waals surface area contributed by atoms with Crippen molar-refractivity contribution >= 4 is 16.8 Å². The molecule has 0 bridgehead atoms. The second-order valence-electron chi connectivity index (χ2n) is 7.60. The first-order valence-electron chi connectivity index (χ1n) is 10.3. The van der Waals surface area contributed by atoms with E-state index in [1.165, 1.54) is 5.56 Å². The summed E-state index contributed by atoms with van der Waals surface area (Å²) in [5.74, 6) is -0.0486. The van der Waals surface area contributed by atoms with Crippen molar-refractivity contribution in [1.82, 2.24) is 20.0 Å². The van der Waals surface area contributed by atoms with Gasteiger partial charge in [-0.15, -0.1) is 0 Å². The molecule has 28 heavy (non-hydrogen) atoms. The van der Waals surface area contributed by atoms with Crippen LogP contribution in [0.5, 0.6) is 0 Å². The molecule has 1 aliphatic rings. The average Bonchev–Trinajstić information content (AvgIpc) is 3.09. The molecule has 0 saturated carbocycles. The number of aromatic nitrogens is 2. The van der Waals surface area contributed by atoms with Gasteiger partial charge in [0.25, 0.3) is 5.91 Å². The Morgan fingerprint density at radius 1 is 1.07 bits per heavy atom. The van der Waals surface area contributed by atoms with Crippen molar-refractivity contribution in [1.29, 1.82) is 0 Å². The molecule has 0 aliphatic carbocycles. The van der Waals surface area contributed by atoms with Crippen LogP contribution in [0.25, 0.3) is 10.9 Å². The van der Waals surface area contributed by atoms with Gasteiger partial charge in [0.2, 0.25) is 0 Å². The van der Waals surface area contributed by atoms with Gasteiger partial charge in [-0.25, -0.2) is 0 Å². The fraction of sp³-hybridized carbons (Fsp3) is 0.391. The third kappa shape index (κ3) is 4.09. The summed E-state index contributed by atoms with van der Waals surface area (Å²) in [5, 5.41) is 8.77. The molecule has 0 radical (unpaired) electrons. The number of likely N-dealkylation sites (tertiary alicyclic amines) is 1. The lowest BCUT2D eigenvalue weighted by Gasteiger charge is -2.32. The molecule has 1 N–H and O–H groups in total. The van der Waals surface area contributed by atoms with Gasteiger partial charge in [-0.05, 0) is 30.9 Å². The molecule has 1 amide bonds. The summed E-state index contributed by atoms with van der Waals surface area (Å²) < 4.78 is 1.95. The number of nitrogens with zero attached hydrogens (tertiary/aromatic N) is 3. The minimum Gasteiger partial charge on any atom is -0.348 e. The maximum Gasteiger partial charge on any atom is 0.272 e. The molecule has 146 valence electrons. The van der Waals surface area contributed by atoms with E-state index in [0.29, 0.717) is 5.69 Å². The molecule has 1 fully saturated rings. The summed E-state index contributed by atoms with van der Waals surface area (Å²) in [7, 11) is 0. The summed E-state index contributed by atoms with van der Waals surface area (Å²) >= 11 is 0. The molecule has 5 heteroatoms. The molecule has 0 spiro atoms. The Labute approximate surface area is 166 Å². The number of carbonyl (C=O) groups excluding carboxylic acids is 1. The van der Waals surface area contributed by atoms with Crippen molar-refractivity contribution in [2.24, 2.45) is 0 Å². The van der Waals surface area contributed by atoms with Gasteiger partial charge in [-0.2, -0.15) is 5.10 Å². The highest BCUT2D eigenvalue weighted by atomic mass is 16.2. The summed E-state index contributed by atoms with van der Waals surface area (Å²) in [5.41, 5.74) is 2.93. The molecule has 1 aliphatic heterocycles. The zero-order chi connectivity index (χ0) is 19.3. The first kappa shape index (κ1) is 18.7. The zero-order valence-corrected chi connectivity index (χ0v) is 16.5. The van der Waals surface area contributed by atoms with E-state index in [4.69, 9.17) is 0 Å². The van der Waals surface area contributed by atoms with Crippen LogP contribution in [0.1, 0.15) is 42.2 Å². The molecule has 3 aromatic rings. The van der Waals surface area contributed by atoms with Crippen LogP contribution in [0.3, 0.4) is 0 Å². The number of hydrogen-bond acceptors (Lipinski definition) is 3. The topological polar surface area (TPSA) is 50.2 Å².